The van der Waals surface area contributed by atoms with Crippen LogP contribution in [-0.4, -0.2) is 20.4 Å². The number of carbonyl (C=O) groups is 1. The number of halogens is 1. The minimum Gasteiger partial charge on any atom is -0.347 e. The molecule has 5 nitrogen and oxygen atoms in total. The van der Waals surface area contributed by atoms with Crippen molar-refractivity contribution in [1.29, 1.82) is 0 Å². The van der Waals surface area contributed by atoms with E-state index in [1.807, 2.05) is 12.1 Å². The lowest BCUT2D eigenvalue weighted by atomic mass is 10.1. The minimum atomic E-state index is -3.34. The second kappa shape index (κ2) is 8.11. The molecule has 0 saturated carbocycles. The molecule has 24 heavy (non-hydrogen) atoms. The topological polar surface area (TPSA) is 75.3 Å². The van der Waals surface area contributed by atoms with E-state index in [1.165, 1.54) is 11.3 Å². The first-order valence-electron chi connectivity index (χ1n) is 7.36. The minimum absolute atomic E-state index is 0.0640. The maximum Gasteiger partial charge on any atom is 0.261 e. The number of nitrogens with one attached hydrogen (secondary N) is 2. The van der Waals surface area contributed by atoms with Crippen molar-refractivity contribution in [3.05, 3.63) is 56.7 Å². The first-order valence-corrected chi connectivity index (χ1v) is 10.2. The Balaban J connectivity index is 1.91. The van der Waals surface area contributed by atoms with E-state index in [2.05, 4.69) is 10.0 Å². The van der Waals surface area contributed by atoms with Crippen LogP contribution in [0.2, 0.25) is 4.34 Å². The molecule has 0 saturated heterocycles. The number of benzene rings is 1. The lowest BCUT2D eigenvalue weighted by Crippen LogP contribution is -2.31. The third kappa shape index (κ3) is 5.90. The van der Waals surface area contributed by atoms with Gasteiger partial charge in [0.15, 0.2) is 0 Å². The van der Waals surface area contributed by atoms with Crippen LogP contribution in [0.25, 0.3) is 0 Å². The van der Waals surface area contributed by atoms with Crippen molar-refractivity contribution in [1.82, 2.24) is 10.0 Å². The summed E-state index contributed by atoms with van der Waals surface area (Å²) >= 11 is 7.03. The smallest absolute Gasteiger partial charge is 0.261 e. The predicted molar refractivity (Wildman–Crippen MR) is 97.8 cm³/mol. The van der Waals surface area contributed by atoms with Gasteiger partial charge in [0.1, 0.15) is 0 Å². The van der Waals surface area contributed by atoms with E-state index in [4.69, 9.17) is 11.6 Å². The SMILES string of the molecule is CC(C)NS(=O)(=O)Cc1ccc(CNC(=O)c2ccc(Cl)s2)cc1. The largest absolute Gasteiger partial charge is 0.347 e. The molecule has 1 heterocycles. The number of hydrogen-bond acceptors (Lipinski definition) is 4. The molecule has 0 radical (unpaired) electrons. The highest BCUT2D eigenvalue weighted by Crippen LogP contribution is 2.21. The fourth-order valence-corrected chi connectivity index (χ4v) is 4.47. The van der Waals surface area contributed by atoms with E-state index in [0.717, 1.165) is 5.56 Å². The van der Waals surface area contributed by atoms with Gasteiger partial charge in [0.25, 0.3) is 5.91 Å². The summed E-state index contributed by atoms with van der Waals surface area (Å²) in [6.07, 6.45) is 0. The van der Waals surface area contributed by atoms with Gasteiger partial charge >= 0.3 is 0 Å². The summed E-state index contributed by atoms with van der Waals surface area (Å²) in [4.78, 5) is 12.5. The molecular formula is C16H19ClN2O3S2. The van der Waals surface area contributed by atoms with Crippen molar-refractivity contribution in [2.45, 2.75) is 32.2 Å². The Hall–Kier alpha value is -1.41. The molecule has 0 aliphatic heterocycles. The molecule has 0 bridgehead atoms. The van der Waals surface area contributed by atoms with Crippen molar-refractivity contribution < 1.29 is 13.2 Å². The lowest BCUT2D eigenvalue weighted by molar-refractivity contribution is 0.0955. The van der Waals surface area contributed by atoms with Crippen molar-refractivity contribution in [2.75, 3.05) is 0 Å². The first-order chi connectivity index (χ1) is 11.2. The van der Waals surface area contributed by atoms with Gasteiger partial charge in [0, 0.05) is 12.6 Å². The highest BCUT2D eigenvalue weighted by molar-refractivity contribution is 7.88. The maximum atomic E-state index is 11.9. The summed E-state index contributed by atoms with van der Waals surface area (Å²) in [6, 6.07) is 10.4. The van der Waals surface area contributed by atoms with Gasteiger partial charge in [-0.2, -0.15) is 0 Å². The molecule has 1 amide bonds. The van der Waals surface area contributed by atoms with Crippen LogP contribution in [0.4, 0.5) is 0 Å². The number of carbonyl (C=O) groups excluding carboxylic acids is 1. The van der Waals surface area contributed by atoms with Gasteiger partial charge in [-0.3, -0.25) is 4.79 Å². The van der Waals surface area contributed by atoms with Crippen LogP contribution < -0.4 is 10.0 Å². The number of rotatable bonds is 7. The Morgan fingerprint density at radius 1 is 1.12 bits per heavy atom. The zero-order valence-electron chi connectivity index (χ0n) is 13.4. The number of hydrogen-bond donors (Lipinski definition) is 2. The molecule has 1 aromatic carbocycles. The molecule has 0 unspecified atom stereocenters. The quantitative estimate of drug-likeness (QED) is 0.767. The standard InChI is InChI=1S/C16H19ClN2O3S2/c1-11(2)19-24(21,22)10-13-5-3-12(4-6-13)9-18-16(20)14-7-8-15(17)23-14/h3-8,11,19H,9-10H2,1-2H3,(H,18,20). The molecule has 2 rings (SSSR count). The van der Waals surface area contributed by atoms with E-state index in [9.17, 15) is 13.2 Å². The van der Waals surface area contributed by atoms with Gasteiger partial charge in [-0.05, 0) is 37.1 Å². The van der Waals surface area contributed by atoms with Gasteiger partial charge in [0.05, 0.1) is 15.0 Å². The highest BCUT2D eigenvalue weighted by atomic mass is 35.5. The van der Waals surface area contributed by atoms with Crippen molar-refractivity contribution in [2.24, 2.45) is 0 Å². The Kier molecular flexibility index (Phi) is 6.40. The van der Waals surface area contributed by atoms with Crippen molar-refractivity contribution >= 4 is 38.9 Å². The van der Waals surface area contributed by atoms with Crippen LogP contribution in [0.1, 0.15) is 34.6 Å². The number of amides is 1. The van der Waals surface area contributed by atoms with Crippen LogP contribution in [0.15, 0.2) is 36.4 Å². The molecule has 0 fully saturated rings. The van der Waals surface area contributed by atoms with Crippen LogP contribution in [0.3, 0.4) is 0 Å². The first kappa shape index (κ1) is 18.9. The van der Waals surface area contributed by atoms with Gasteiger partial charge in [0.2, 0.25) is 10.0 Å². The van der Waals surface area contributed by atoms with E-state index >= 15 is 0 Å². The van der Waals surface area contributed by atoms with Crippen LogP contribution in [0, 0.1) is 0 Å². The molecule has 0 spiro atoms. The third-order valence-electron chi connectivity index (χ3n) is 3.04. The molecule has 130 valence electrons. The van der Waals surface area contributed by atoms with Gasteiger partial charge in [-0.25, -0.2) is 13.1 Å². The van der Waals surface area contributed by atoms with Gasteiger partial charge in [-0.1, -0.05) is 35.9 Å². The molecule has 2 aromatic rings. The monoisotopic (exact) mass is 386 g/mol. The average molecular weight is 387 g/mol. The van der Waals surface area contributed by atoms with E-state index in [1.54, 1.807) is 38.1 Å². The Morgan fingerprint density at radius 2 is 1.75 bits per heavy atom. The lowest BCUT2D eigenvalue weighted by Gasteiger charge is -2.10. The molecule has 0 aliphatic rings. The molecule has 8 heteroatoms. The summed E-state index contributed by atoms with van der Waals surface area (Å²) in [5.41, 5.74) is 1.59. The van der Waals surface area contributed by atoms with Crippen LogP contribution >= 0.6 is 22.9 Å². The summed E-state index contributed by atoms with van der Waals surface area (Å²) in [5.74, 6) is -0.245. The predicted octanol–water partition coefficient (Wildman–Crippen LogP) is 3.16. The summed E-state index contributed by atoms with van der Waals surface area (Å²) in [5, 5.41) is 2.80. The Labute approximate surface area is 151 Å². The van der Waals surface area contributed by atoms with Gasteiger partial charge in [-0.15, -0.1) is 11.3 Å². The fraction of sp³-hybridized carbons (Fsp3) is 0.312. The van der Waals surface area contributed by atoms with E-state index in [-0.39, 0.29) is 17.7 Å². The third-order valence-corrected chi connectivity index (χ3v) is 5.82. The average Bonchev–Trinajstić information content (AvgIpc) is 2.91. The van der Waals surface area contributed by atoms with Crippen molar-refractivity contribution in [3.63, 3.8) is 0 Å². The van der Waals surface area contributed by atoms with E-state index < -0.39 is 10.0 Å². The second-order valence-corrected chi connectivity index (χ2v) is 9.10. The van der Waals surface area contributed by atoms with E-state index in [0.29, 0.717) is 21.3 Å². The summed E-state index contributed by atoms with van der Waals surface area (Å²) < 4.78 is 26.9. The molecule has 2 N–H and O–H groups in total. The molecule has 0 atom stereocenters. The highest BCUT2D eigenvalue weighted by Gasteiger charge is 2.13. The Morgan fingerprint density at radius 3 is 2.29 bits per heavy atom. The molecule has 1 aromatic heterocycles. The summed E-state index contributed by atoms with van der Waals surface area (Å²) in [6.45, 7) is 3.93. The maximum absolute atomic E-state index is 11.9. The number of thiophene rings is 1. The normalized spacial score (nSPS) is 11.7. The second-order valence-electron chi connectivity index (χ2n) is 5.63. The molecule has 0 aliphatic carbocycles. The Bertz CT molecular complexity index is 799. The zero-order valence-corrected chi connectivity index (χ0v) is 15.8. The summed E-state index contributed by atoms with van der Waals surface area (Å²) in [7, 11) is -3.34. The van der Waals surface area contributed by atoms with Gasteiger partial charge < -0.3 is 5.32 Å². The van der Waals surface area contributed by atoms with Crippen LogP contribution in [-0.2, 0) is 22.3 Å². The van der Waals surface area contributed by atoms with Crippen molar-refractivity contribution in [3.8, 4) is 0 Å². The van der Waals surface area contributed by atoms with Crippen LogP contribution in [0.5, 0.6) is 0 Å². The zero-order chi connectivity index (χ0) is 17.7. The number of sulfonamides is 1. The molecular weight excluding hydrogens is 368 g/mol. The fourth-order valence-electron chi connectivity index (χ4n) is 2.08.